The van der Waals surface area contributed by atoms with Crippen LogP contribution in [0.25, 0.3) is 11.3 Å². The lowest BCUT2D eigenvalue weighted by atomic mass is 9.93. The zero-order valence-corrected chi connectivity index (χ0v) is 19.8. The second-order valence-electron chi connectivity index (χ2n) is 9.11. The molecule has 0 spiro atoms. The Morgan fingerprint density at radius 2 is 1.94 bits per heavy atom. The number of aromatic nitrogens is 2. The van der Waals surface area contributed by atoms with Crippen molar-refractivity contribution in [3.8, 4) is 22.8 Å². The number of carbonyl (C=O) groups is 1. The highest BCUT2D eigenvalue weighted by Crippen LogP contribution is 2.32. The van der Waals surface area contributed by atoms with Crippen molar-refractivity contribution in [2.45, 2.75) is 57.3 Å². The van der Waals surface area contributed by atoms with Crippen molar-refractivity contribution < 1.29 is 19.4 Å². The second kappa shape index (κ2) is 10.3. The van der Waals surface area contributed by atoms with Crippen molar-refractivity contribution in [3.05, 3.63) is 65.5 Å². The van der Waals surface area contributed by atoms with E-state index in [4.69, 9.17) is 9.47 Å². The van der Waals surface area contributed by atoms with E-state index in [-0.39, 0.29) is 6.10 Å². The second-order valence-corrected chi connectivity index (χ2v) is 9.11. The Labute approximate surface area is 204 Å². The highest BCUT2D eigenvalue weighted by molar-refractivity contribution is 5.74. The van der Waals surface area contributed by atoms with Crippen molar-refractivity contribution in [3.63, 3.8) is 0 Å². The molecule has 5 rings (SSSR count). The maximum atomic E-state index is 11.2. The molecule has 182 valence electrons. The van der Waals surface area contributed by atoms with Crippen molar-refractivity contribution in [1.82, 2.24) is 15.3 Å². The van der Waals surface area contributed by atoms with Gasteiger partial charge in [0.1, 0.15) is 11.9 Å². The first kappa shape index (κ1) is 23.1. The molecule has 0 unspecified atom stereocenters. The van der Waals surface area contributed by atoms with Gasteiger partial charge in [0.2, 0.25) is 0 Å². The first-order valence-electron chi connectivity index (χ1n) is 12.1. The van der Waals surface area contributed by atoms with Crippen LogP contribution < -0.4 is 20.1 Å². The molecule has 2 heterocycles. The van der Waals surface area contributed by atoms with Crippen LogP contribution in [0.3, 0.4) is 0 Å². The molecule has 1 aliphatic heterocycles. The molecule has 8 nitrogen and oxygen atoms in total. The summed E-state index contributed by atoms with van der Waals surface area (Å²) in [7, 11) is 1.66. The summed E-state index contributed by atoms with van der Waals surface area (Å²) in [5, 5.41) is 15.6. The summed E-state index contributed by atoms with van der Waals surface area (Å²) in [6.45, 7) is 1.12. The van der Waals surface area contributed by atoms with Crippen molar-refractivity contribution >= 4 is 11.8 Å². The van der Waals surface area contributed by atoms with E-state index in [2.05, 4.69) is 26.7 Å². The van der Waals surface area contributed by atoms with Gasteiger partial charge in [-0.25, -0.2) is 4.98 Å². The molecule has 1 saturated carbocycles. The summed E-state index contributed by atoms with van der Waals surface area (Å²) < 4.78 is 11.7. The van der Waals surface area contributed by atoms with Gasteiger partial charge in [0.25, 0.3) is 0 Å². The Morgan fingerprint density at radius 1 is 1.09 bits per heavy atom. The van der Waals surface area contributed by atoms with Crippen LogP contribution in [0.2, 0.25) is 0 Å². The normalized spacial score (nSPS) is 17.6. The number of carboxylic acid groups (broad SMARTS) is 1. The number of nitrogens with one attached hydrogen (secondary N) is 2. The molecule has 2 aliphatic rings. The molecule has 35 heavy (non-hydrogen) atoms. The van der Waals surface area contributed by atoms with Gasteiger partial charge in [-0.1, -0.05) is 18.2 Å². The van der Waals surface area contributed by atoms with Crippen molar-refractivity contribution in [1.29, 1.82) is 0 Å². The molecule has 1 aromatic heterocycles. The maximum Gasteiger partial charge on any atom is 0.321 e. The number of hydrogen-bond donors (Lipinski definition) is 3. The van der Waals surface area contributed by atoms with Gasteiger partial charge in [-0.05, 0) is 67.0 Å². The zero-order chi connectivity index (χ0) is 24.2. The molecule has 0 amide bonds. The number of rotatable bonds is 8. The summed E-state index contributed by atoms with van der Waals surface area (Å²) >= 11 is 0. The molecule has 3 aromatic rings. The average Bonchev–Trinajstić information content (AvgIpc) is 3.40. The Kier molecular flexibility index (Phi) is 6.81. The summed E-state index contributed by atoms with van der Waals surface area (Å²) in [6, 6.07) is 11.5. The fraction of sp³-hybridized carbons (Fsp3) is 0.370. The molecule has 1 fully saturated rings. The minimum Gasteiger partial charge on any atom is -0.493 e. The van der Waals surface area contributed by atoms with Gasteiger partial charge in [-0.2, -0.15) is 0 Å². The minimum absolute atomic E-state index is 0.267. The quantitative estimate of drug-likeness (QED) is 0.446. The van der Waals surface area contributed by atoms with Gasteiger partial charge >= 0.3 is 5.97 Å². The molecule has 3 N–H and O–H groups in total. The maximum absolute atomic E-state index is 11.2. The van der Waals surface area contributed by atoms with Crippen LogP contribution in [-0.2, 0) is 24.3 Å². The summed E-state index contributed by atoms with van der Waals surface area (Å²) in [5.74, 6) is 1.41. The largest absolute Gasteiger partial charge is 0.493 e. The number of benzene rings is 2. The first-order chi connectivity index (χ1) is 17.1. The monoisotopic (exact) mass is 474 g/mol. The van der Waals surface area contributed by atoms with Crippen LogP contribution >= 0.6 is 0 Å². The number of carboxylic acids is 1. The Hall–Kier alpha value is -3.65. The summed E-state index contributed by atoms with van der Waals surface area (Å²) in [4.78, 5) is 20.4. The fourth-order valence-corrected chi connectivity index (χ4v) is 4.72. The molecular weight excluding hydrogens is 444 g/mol. The number of fused-ring (bicyclic) bond motifs is 1. The zero-order valence-electron chi connectivity index (χ0n) is 19.8. The fourth-order valence-electron chi connectivity index (χ4n) is 4.72. The van der Waals surface area contributed by atoms with E-state index in [0.29, 0.717) is 25.3 Å². The number of anilines is 1. The number of ether oxygens (including phenoxy) is 2. The highest BCUT2D eigenvalue weighted by Gasteiger charge is 2.24. The predicted octanol–water partition coefficient (Wildman–Crippen LogP) is 4.18. The van der Waals surface area contributed by atoms with E-state index in [1.165, 1.54) is 12.8 Å². The molecule has 8 heteroatoms. The van der Waals surface area contributed by atoms with Crippen LogP contribution in [0.1, 0.15) is 42.4 Å². The lowest BCUT2D eigenvalue weighted by Crippen LogP contribution is -2.41. The van der Waals surface area contributed by atoms with Gasteiger partial charge in [0.15, 0.2) is 11.5 Å². The third kappa shape index (κ3) is 5.38. The van der Waals surface area contributed by atoms with E-state index in [9.17, 15) is 9.90 Å². The minimum atomic E-state index is -0.819. The SMILES string of the molecule is COc1ccc(CNc2cnc(-c3ccc4c(c3)CN[C@H](C(=O)O)C4)cn2)cc1OC1CCCC1. The number of methoxy groups -OCH3 is 1. The molecular formula is C27H30N4O4. The van der Waals surface area contributed by atoms with Crippen LogP contribution in [0.15, 0.2) is 48.8 Å². The molecule has 0 radical (unpaired) electrons. The van der Waals surface area contributed by atoms with Crippen LogP contribution in [0.5, 0.6) is 11.5 Å². The van der Waals surface area contributed by atoms with E-state index in [1.807, 2.05) is 30.3 Å². The lowest BCUT2D eigenvalue weighted by molar-refractivity contribution is -0.139. The van der Waals surface area contributed by atoms with E-state index in [1.54, 1.807) is 19.5 Å². The average molecular weight is 475 g/mol. The summed E-state index contributed by atoms with van der Waals surface area (Å²) in [5.41, 5.74) is 4.96. The Balaban J connectivity index is 1.23. The number of hydrogen-bond acceptors (Lipinski definition) is 7. The van der Waals surface area contributed by atoms with E-state index < -0.39 is 12.0 Å². The van der Waals surface area contributed by atoms with Gasteiger partial charge < -0.3 is 25.2 Å². The number of nitrogens with zero attached hydrogens (tertiary/aromatic N) is 2. The van der Waals surface area contributed by atoms with Crippen LogP contribution in [0.4, 0.5) is 5.82 Å². The lowest BCUT2D eigenvalue weighted by Gasteiger charge is -2.23. The topological polar surface area (TPSA) is 106 Å². The van der Waals surface area contributed by atoms with E-state index >= 15 is 0 Å². The molecule has 0 bridgehead atoms. The summed E-state index contributed by atoms with van der Waals surface area (Å²) in [6.07, 6.45) is 8.86. The van der Waals surface area contributed by atoms with Gasteiger partial charge in [0, 0.05) is 18.7 Å². The smallest absolute Gasteiger partial charge is 0.321 e. The third-order valence-corrected chi connectivity index (χ3v) is 6.71. The Bertz CT molecular complexity index is 1190. The van der Waals surface area contributed by atoms with Crippen molar-refractivity contribution in [2.75, 3.05) is 12.4 Å². The van der Waals surface area contributed by atoms with E-state index in [0.717, 1.165) is 52.3 Å². The molecule has 1 atom stereocenters. The molecule has 1 aliphatic carbocycles. The standard InChI is InChI=1S/C27H30N4O4/c1-34-24-9-6-17(10-25(24)35-21-4-2-3-5-21)13-30-26-16-29-23(15-31-26)19-8-7-18-12-22(27(32)33)28-14-20(18)11-19/h6-11,15-16,21-22,28H,2-5,12-14H2,1H3,(H,30,31)(H,32,33)/t22-/m0/s1. The van der Waals surface area contributed by atoms with Gasteiger partial charge in [0.05, 0.1) is 31.3 Å². The third-order valence-electron chi connectivity index (χ3n) is 6.71. The predicted molar refractivity (Wildman–Crippen MR) is 133 cm³/mol. The molecule has 2 aromatic carbocycles. The van der Waals surface area contributed by atoms with Crippen molar-refractivity contribution in [2.24, 2.45) is 0 Å². The van der Waals surface area contributed by atoms with Crippen LogP contribution in [0, 0.1) is 0 Å². The number of aliphatic carboxylic acids is 1. The van der Waals surface area contributed by atoms with Crippen LogP contribution in [-0.4, -0.2) is 40.3 Å². The highest BCUT2D eigenvalue weighted by atomic mass is 16.5. The van der Waals surface area contributed by atoms with Gasteiger partial charge in [-0.3, -0.25) is 9.78 Å². The molecule has 0 saturated heterocycles. The first-order valence-corrected chi connectivity index (χ1v) is 12.1. The van der Waals surface area contributed by atoms with Gasteiger partial charge in [-0.15, -0.1) is 0 Å². The Morgan fingerprint density at radius 3 is 2.69 bits per heavy atom.